The van der Waals surface area contributed by atoms with Crippen LogP contribution in [0.2, 0.25) is 0 Å². The van der Waals surface area contributed by atoms with E-state index in [9.17, 15) is 4.79 Å². The van der Waals surface area contributed by atoms with E-state index in [2.05, 4.69) is 36.4 Å². The highest BCUT2D eigenvalue weighted by Crippen LogP contribution is 2.20. The normalized spacial score (nSPS) is 11.0. The summed E-state index contributed by atoms with van der Waals surface area (Å²) in [5, 5.41) is 0. The number of amides is 1. The zero-order valence-electron chi connectivity index (χ0n) is 11.9. The number of nitrogens with two attached hydrogens (primary N) is 1. The summed E-state index contributed by atoms with van der Waals surface area (Å²) in [5.41, 5.74) is 6.88. The Balaban J connectivity index is 2.01. The van der Waals surface area contributed by atoms with Crippen molar-refractivity contribution in [3.8, 4) is 0 Å². The zero-order chi connectivity index (χ0) is 15.0. The number of hydrazine groups is 1. The Morgan fingerprint density at radius 3 is 2.90 bits per heavy atom. The number of imidazole rings is 1. The highest BCUT2D eigenvalue weighted by atomic mass is 16.3. The summed E-state index contributed by atoms with van der Waals surface area (Å²) in [6.07, 6.45) is 3.23. The van der Waals surface area contributed by atoms with Gasteiger partial charge in [-0.25, -0.2) is 10.8 Å². The fraction of sp³-hybridized carbons (Fsp3) is 0.200. The number of hydrogen-bond acceptors (Lipinski definition) is 4. The van der Waals surface area contributed by atoms with E-state index in [0.29, 0.717) is 17.9 Å². The quantitative estimate of drug-likeness (QED) is 0.437. The summed E-state index contributed by atoms with van der Waals surface area (Å²) in [5.74, 6) is 5.36. The molecule has 108 valence electrons. The van der Waals surface area contributed by atoms with Crippen molar-refractivity contribution in [2.24, 2.45) is 5.84 Å². The first kappa shape index (κ1) is 13.4. The Bertz CT molecular complexity index is 816. The topological polar surface area (TPSA) is 86.1 Å². The highest BCUT2D eigenvalue weighted by Gasteiger charge is 2.15. The molecule has 6 heteroatoms. The van der Waals surface area contributed by atoms with E-state index in [0.717, 1.165) is 11.0 Å². The smallest absolute Gasteiger partial charge is 0.268 e. The van der Waals surface area contributed by atoms with Crippen LogP contribution >= 0.6 is 0 Å². The number of carbonyl (C=O) groups is 1. The van der Waals surface area contributed by atoms with Gasteiger partial charge in [0, 0.05) is 0 Å². The van der Waals surface area contributed by atoms with Gasteiger partial charge in [-0.2, -0.15) is 0 Å². The molecule has 1 amide bonds. The predicted octanol–water partition coefficient (Wildman–Crippen LogP) is 1.90. The number of nitrogens with one attached hydrogen (secondary N) is 1. The van der Waals surface area contributed by atoms with E-state index in [1.165, 1.54) is 17.4 Å². The van der Waals surface area contributed by atoms with Gasteiger partial charge in [0.2, 0.25) is 0 Å². The number of rotatable bonds is 3. The van der Waals surface area contributed by atoms with Gasteiger partial charge in [0.15, 0.2) is 0 Å². The second kappa shape index (κ2) is 5.06. The molecule has 6 nitrogen and oxygen atoms in total. The van der Waals surface area contributed by atoms with Crippen LogP contribution in [0.4, 0.5) is 0 Å². The van der Waals surface area contributed by atoms with Crippen LogP contribution in [-0.4, -0.2) is 15.5 Å². The van der Waals surface area contributed by atoms with Crippen molar-refractivity contribution in [2.75, 3.05) is 0 Å². The average molecular weight is 284 g/mol. The highest BCUT2D eigenvalue weighted by molar-refractivity contribution is 5.94. The Kier molecular flexibility index (Phi) is 3.23. The molecule has 3 aromatic rings. The Morgan fingerprint density at radius 1 is 1.38 bits per heavy atom. The van der Waals surface area contributed by atoms with Crippen molar-refractivity contribution >= 4 is 16.9 Å². The third kappa shape index (κ3) is 2.30. The summed E-state index contributed by atoms with van der Waals surface area (Å²) in [6.45, 7) is 4.55. The molecule has 0 aliphatic carbocycles. The number of furan rings is 1. The lowest BCUT2D eigenvalue weighted by molar-refractivity contribution is 0.0951. The predicted molar refractivity (Wildman–Crippen MR) is 78.7 cm³/mol. The van der Waals surface area contributed by atoms with E-state index < -0.39 is 0 Å². The molecule has 0 unspecified atom stereocenters. The molecule has 0 aliphatic rings. The molecule has 2 aromatic heterocycles. The lowest BCUT2D eigenvalue weighted by Crippen LogP contribution is -2.30. The fourth-order valence-electron chi connectivity index (χ4n) is 2.34. The molecule has 0 fully saturated rings. The molecule has 2 heterocycles. The molecule has 0 atom stereocenters. The van der Waals surface area contributed by atoms with E-state index in [-0.39, 0.29) is 5.91 Å². The van der Waals surface area contributed by atoms with Crippen LogP contribution < -0.4 is 11.3 Å². The van der Waals surface area contributed by atoms with Crippen molar-refractivity contribution in [1.82, 2.24) is 15.0 Å². The molecule has 0 saturated heterocycles. The lowest BCUT2D eigenvalue weighted by atomic mass is 10.1. The second-order valence-electron chi connectivity index (χ2n) is 5.03. The SMILES string of the molecule is Cc1cc2ncn(Cc3occc3C(=O)NN)c2cc1C. The lowest BCUT2D eigenvalue weighted by Gasteiger charge is -2.06. The fourth-order valence-corrected chi connectivity index (χ4v) is 2.34. The summed E-state index contributed by atoms with van der Waals surface area (Å²) in [6, 6.07) is 5.74. The third-order valence-electron chi connectivity index (χ3n) is 3.67. The molecular formula is C15H16N4O2. The number of fused-ring (bicyclic) bond motifs is 1. The first-order chi connectivity index (χ1) is 10.1. The van der Waals surface area contributed by atoms with E-state index in [4.69, 9.17) is 10.3 Å². The standard InChI is InChI=1S/C15H16N4O2/c1-9-5-12-13(6-10(9)2)19(8-17-12)7-14-11(3-4-21-14)15(20)18-16/h3-6,8H,7,16H2,1-2H3,(H,18,20). The summed E-state index contributed by atoms with van der Waals surface area (Å²) in [7, 11) is 0. The molecule has 0 aliphatic heterocycles. The van der Waals surface area contributed by atoms with Gasteiger partial charge in [0.25, 0.3) is 5.91 Å². The largest absolute Gasteiger partial charge is 0.467 e. The number of carbonyl (C=O) groups excluding carboxylic acids is 1. The Morgan fingerprint density at radius 2 is 2.14 bits per heavy atom. The Labute approximate surface area is 121 Å². The summed E-state index contributed by atoms with van der Waals surface area (Å²) in [4.78, 5) is 16.1. The Hall–Kier alpha value is -2.60. The first-order valence-electron chi connectivity index (χ1n) is 6.59. The third-order valence-corrected chi connectivity index (χ3v) is 3.67. The molecule has 3 N–H and O–H groups in total. The minimum Gasteiger partial charge on any atom is -0.467 e. The van der Waals surface area contributed by atoms with Crippen LogP contribution in [0.25, 0.3) is 11.0 Å². The van der Waals surface area contributed by atoms with Crippen LogP contribution in [0.15, 0.2) is 35.2 Å². The van der Waals surface area contributed by atoms with Crippen LogP contribution in [0.5, 0.6) is 0 Å². The van der Waals surface area contributed by atoms with Gasteiger partial charge in [-0.3, -0.25) is 10.2 Å². The van der Waals surface area contributed by atoms with Gasteiger partial charge < -0.3 is 8.98 Å². The van der Waals surface area contributed by atoms with Crippen molar-refractivity contribution < 1.29 is 9.21 Å². The van der Waals surface area contributed by atoms with Gasteiger partial charge >= 0.3 is 0 Å². The van der Waals surface area contributed by atoms with Crippen molar-refractivity contribution in [3.05, 3.63) is 53.2 Å². The van der Waals surface area contributed by atoms with Gasteiger partial charge in [-0.1, -0.05) is 0 Å². The number of nitrogens with zero attached hydrogens (tertiary/aromatic N) is 2. The molecule has 3 rings (SSSR count). The number of aryl methyl sites for hydroxylation is 2. The van der Waals surface area contributed by atoms with Gasteiger partial charge in [0.05, 0.1) is 35.7 Å². The van der Waals surface area contributed by atoms with Gasteiger partial charge in [0.1, 0.15) is 5.76 Å². The minimum absolute atomic E-state index is 0.366. The van der Waals surface area contributed by atoms with E-state index in [1.807, 2.05) is 4.57 Å². The maximum Gasteiger partial charge on any atom is 0.268 e. The summed E-state index contributed by atoms with van der Waals surface area (Å²) >= 11 is 0. The molecule has 1 aromatic carbocycles. The first-order valence-corrected chi connectivity index (χ1v) is 6.59. The number of benzene rings is 1. The molecule has 0 spiro atoms. The molecule has 0 radical (unpaired) electrons. The number of aromatic nitrogens is 2. The monoisotopic (exact) mass is 284 g/mol. The molecule has 21 heavy (non-hydrogen) atoms. The molecular weight excluding hydrogens is 268 g/mol. The van der Waals surface area contributed by atoms with E-state index in [1.54, 1.807) is 12.4 Å². The van der Waals surface area contributed by atoms with Gasteiger partial charge in [-0.05, 0) is 43.2 Å². The van der Waals surface area contributed by atoms with Crippen molar-refractivity contribution in [3.63, 3.8) is 0 Å². The van der Waals surface area contributed by atoms with Crippen LogP contribution in [-0.2, 0) is 6.54 Å². The van der Waals surface area contributed by atoms with Gasteiger partial charge in [-0.15, -0.1) is 0 Å². The summed E-state index contributed by atoms with van der Waals surface area (Å²) < 4.78 is 7.35. The number of hydrogen-bond donors (Lipinski definition) is 2. The van der Waals surface area contributed by atoms with Crippen molar-refractivity contribution in [1.29, 1.82) is 0 Å². The maximum atomic E-state index is 11.7. The average Bonchev–Trinajstić information content (AvgIpc) is 3.07. The van der Waals surface area contributed by atoms with Crippen LogP contribution in [0, 0.1) is 13.8 Å². The van der Waals surface area contributed by atoms with Crippen LogP contribution in [0.1, 0.15) is 27.2 Å². The minimum atomic E-state index is -0.366. The van der Waals surface area contributed by atoms with E-state index >= 15 is 0 Å². The van der Waals surface area contributed by atoms with Crippen molar-refractivity contribution in [2.45, 2.75) is 20.4 Å². The molecule has 0 bridgehead atoms. The second-order valence-corrected chi connectivity index (χ2v) is 5.03. The zero-order valence-corrected chi connectivity index (χ0v) is 11.9. The van der Waals surface area contributed by atoms with Crippen LogP contribution in [0.3, 0.4) is 0 Å². The molecule has 0 saturated carbocycles. The maximum absolute atomic E-state index is 11.7. The number of nitrogen functional groups attached to an aromatic ring is 1.